The van der Waals surface area contributed by atoms with Crippen molar-refractivity contribution in [3.05, 3.63) is 84.4 Å². The normalized spacial score (nSPS) is 14.8. The number of hydrogen-bond acceptors (Lipinski definition) is 7. The average Bonchev–Trinajstić information content (AvgIpc) is 3.51. The van der Waals surface area contributed by atoms with Crippen LogP contribution in [0.1, 0.15) is 49.9 Å². The molecule has 0 spiro atoms. The first-order valence-electron chi connectivity index (χ1n) is 15.6. The van der Waals surface area contributed by atoms with Gasteiger partial charge in [-0.1, -0.05) is 55.4 Å². The molecule has 1 aromatic heterocycles. The van der Waals surface area contributed by atoms with Crippen LogP contribution >= 0.6 is 11.8 Å². The number of nitrogens with zero attached hydrogens (tertiary/aromatic N) is 5. The van der Waals surface area contributed by atoms with E-state index >= 15 is 0 Å². The molecule has 1 atom stereocenters. The van der Waals surface area contributed by atoms with Crippen LogP contribution in [0.2, 0.25) is 0 Å². The minimum absolute atomic E-state index is 0.0121. The molecule has 9 nitrogen and oxygen atoms in total. The highest BCUT2D eigenvalue weighted by atomic mass is 32.2. The van der Waals surface area contributed by atoms with Gasteiger partial charge in [-0.3, -0.25) is 14.2 Å². The third-order valence-electron chi connectivity index (χ3n) is 7.87. The number of ether oxygens (including phenoxy) is 2. The van der Waals surface area contributed by atoms with Crippen LogP contribution < -0.4 is 9.47 Å². The molecule has 45 heavy (non-hydrogen) atoms. The highest BCUT2D eigenvalue weighted by Crippen LogP contribution is 2.29. The Hall–Kier alpha value is -4.31. The van der Waals surface area contributed by atoms with E-state index in [1.54, 1.807) is 18.9 Å². The van der Waals surface area contributed by atoms with E-state index in [-0.39, 0.29) is 17.9 Å². The summed E-state index contributed by atoms with van der Waals surface area (Å²) in [4.78, 5) is 30.1. The molecule has 10 heteroatoms. The van der Waals surface area contributed by atoms with E-state index in [1.165, 1.54) is 0 Å². The summed E-state index contributed by atoms with van der Waals surface area (Å²) < 4.78 is 13.1. The summed E-state index contributed by atoms with van der Waals surface area (Å²) >= 11 is 1.59. The van der Waals surface area contributed by atoms with Gasteiger partial charge in [0.05, 0.1) is 13.7 Å². The fraction of sp³-hybridized carbons (Fsp3) is 0.371. The molecule has 1 aliphatic rings. The number of benzene rings is 3. The quantitative estimate of drug-likeness (QED) is 0.126. The van der Waals surface area contributed by atoms with Gasteiger partial charge in [0.2, 0.25) is 5.91 Å². The topological polar surface area (TPSA) is 89.8 Å². The summed E-state index contributed by atoms with van der Waals surface area (Å²) in [6.07, 6.45) is 3.23. The Balaban J connectivity index is 1.13. The number of unbranched alkanes of at least 4 members (excludes halogenated alkanes) is 1. The Labute approximate surface area is 269 Å². The van der Waals surface area contributed by atoms with Crippen molar-refractivity contribution in [2.45, 2.75) is 50.7 Å². The second-order valence-electron chi connectivity index (χ2n) is 11.1. The molecule has 4 aromatic rings. The van der Waals surface area contributed by atoms with Gasteiger partial charge in [-0.05, 0) is 68.3 Å². The van der Waals surface area contributed by atoms with Crippen LogP contribution in [0, 0.1) is 0 Å². The van der Waals surface area contributed by atoms with Gasteiger partial charge in [-0.25, -0.2) is 0 Å². The number of thioether (sulfide) groups is 1. The van der Waals surface area contributed by atoms with Crippen LogP contribution in [0.4, 0.5) is 0 Å². The van der Waals surface area contributed by atoms with Crippen LogP contribution in [-0.4, -0.2) is 81.5 Å². The molecule has 0 saturated carbocycles. The lowest BCUT2D eigenvalue weighted by molar-refractivity contribution is -0.133. The zero-order valence-electron chi connectivity index (χ0n) is 26.2. The van der Waals surface area contributed by atoms with Crippen LogP contribution in [0.25, 0.3) is 17.1 Å². The molecule has 5 rings (SSSR count). The average molecular weight is 628 g/mol. The Morgan fingerprint density at radius 2 is 1.64 bits per heavy atom. The van der Waals surface area contributed by atoms with Crippen LogP contribution in [0.3, 0.4) is 0 Å². The maximum absolute atomic E-state index is 13.2. The summed E-state index contributed by atoms with van der Waals surface area (Å²) in [5, 5.41) is 9.79. The second kappa shape index (κ2) is 15.6. The predicted octanol–water partition coefficient (Wildman–Crippen LogP) is 6.37. The van der Waals surface area contributed by atoms with Gasteiger partial charge >= 0.3 is 0 Å². The van der Waals surface area contributed by atoms with Crippen molar-refractivity contribution in [2.75, 3.05) is 39.1 Å². The predicted molar refractivity (Wildman–Crippen MR) is 177 cm³/mol. The number of amides is 2. The third kappa shape index (κ3) is 8.05. The van der Waals surface area contributed by atoms with E-state index in [0.29, 0.717) is 44.6 Å². The maximum atomic E-state index is 13.2. The van der Waals surface area contributed by atoms with Gasteiger partial charge in [-0.2, -0.15) is 0 Å². The molecule has 1 saturated heterocycles. The van der Waals surface area contributed by atoms with Crippen molar-refractivity contribution in [1.29, 1.82) is 0 Å². The van der Waals surface area contributed by atoms with E-state index < -0.39 is 0 Å². The maximum Gasteiger partial charge on any atom is 0.254 e. The standard InChI is InChI=1S/C35H41N5O4S/c1-4-5-23-44-31-17-13-28(14-18-31)34(42)39-22-21-38(25-26(39)2)32(41)12-9-24-45-35-37-36-33(27-10-7-6-8-11-27)40(35)29-15-19-30(43-3)20-16-29/h6-8,10-11,13-20,26H,4-5,9,12,21-25H2,1-3H3. The van der Waals surface area contributed by atoms with E-state index in [2.05, 4.69) is 17.1 Å². The van der Waals surface area contributed by atoms with Crippen LogP contribution in [-0.2, 0) is 4.79 Å². The Morgan fingerprint density at radius 1 is 0.911 bits per heavy atom. The molecule has 0 radical (unpaired) electrons. The zero-order chi connectivity index (χ0) is 31.6. The summed E-state index contributed by atoms with van der Waals surface area (Å²) in [6.45, 7) is 6.39. The summed E-state index contributed by atoms with van der Waals surface area (Å²) in [5.74, 6) is 3.14. The highest BCUT2D eigenvalue weighted by molar-refractivity contribution is 7.99. The minimum atomic E-state index is -0.0653. The van der Waals surface area contributed by atoms with Gasteiger partial charge in [0.15, 0.2) is 11.0 Å². The number of aromatic nitrogens is 3. The molecule has 3 aromatic carbocycles. The molecule has 0 aliphatic carbocycles. The highest BCUT2D eigenvalue weighted by Gasteiger charge is 2.30. The Morgan fingerprint density at radius 3 is 2.33 bits per heavy atom. The smallest absolute Gasteiger partial charge is 0.254 e. The van der Waals surface area contributed by atoms with Gasteiger partial charge < -0.3 is 19.3 Å². The number of rotatable bonds is 13. The molecule has 2 heterocycles. The number of hydrogen-bond donors (Lipinski definition) is 0. The van der Waals surface area contributed by atoms with Crippen LogP contribution in [0.15, 0.2) is 84.0 Å². The zero-order valence-corrected chi connectivity index (χ0v) is 27.0. The molecule has 236 valence electrons. The first-order chi connectivity index (χ1) is 22.0. The summed E-state index contributed by atoms with van der Waals surface area (Å²) in [5.41, 5.74) is 2.55. The Kier molecular flexibility index (Phi) is 11.1. The van der Waals surface area contributed by atoms with Crippen molar-refractivity contribution in [3.63, 3.8) is 0 Å². The number of carbonyl (C=O) groups excluding carboxylic acids is 2. The molecular weight excluding hydrogens is 586 g/mol. The van der Waals surface area contributed by atoms with Crippen molar-refractivity contribution in [3.8, 4) is 28.6 Å². The molecule has 0 bridgehead atoms. The van der Waals surface area contributed by atoms with E-state index in [1.807, 2.05) is 100 Å². The number of carbonyl (C=O) groups is 2. The van der Waals surface area contributed by atoms with Gasteiger partial charge in [-0.15, -0.1) is 10.2 Å². The molecule has 0 N–H and O–H groups in total. The first-order valence-corrected chi connectivity index (χ1v) is 16.6. The second-order valence-corrected chi connectivity index (χ2v) is 12.1. The molecular formula is C35H41N5O4S. The largest absolute Gasteiger partial charge is 0.497 e. The van der Waals surface area contributed by atoms with Crippen molar-refractivity contribution in [1.82, 2.24) is 24.6 Å². The summed E-state index contributed by atoms with van der Waals surface area (Å²) in [6, 6.07) is 25.1. The molecule has 2 amide bonds. The van der Waals surface area contributed by atoms with Gasteiger partial charge in [0, 0.05) is 54.7 Å². The lowest BCUT2D eigenvalue weighted by atomic mass is 10.1. The monoisotopic (exact) mass is 627 g/mol. The van der Waals surface area contributed by atoms with Crippen molar-refractivity contribution >= 4 is 23.6 Å². The van der Waals surface area contributed by atoms with Crippen molar-refractivity contribution < 1.29 is 19.1 Å². The van der Waals surface area contributed by atoms with Gasteiger partial charge in [0.25, 0.3) is 5.91 Å². The summed E-state index contributed by atoms with van der Waals surface area (Å²) in [7, 11) is 1.65. The van der Waals surface area contributed by atoms with Crippen LogP contribution in [0.5, 0.6) is 11.5 Å². The fourth-order valence-corrected chi connectivity index (χ4v) is 6.22. The lowest BCUT2D eigenvalue weighted by Gasteiger charge is -2.40. The van der Waals surface area contributed by atoms with E-state index in [9.17, 15) is 9.59 Å². The number of methoxy groups -OCH3 is 1. The SMILES string of the molecule is CCCCOc1ccc(C(=O)N2CCN(C(=O)CCCSc3nnc(-c4ccccc4)n3-c3ccc(OC)cc3)CC2C)cc1. The van der Waals surface area contributed by atoms with E-state index in [0.717, 1.165) is 52.3 Å². The number of piperazine rings is 1. The molecule has 1 fully saturated rings. The van der Waals surface area contributed by atoms with Crippen molar-refractivity contribution in [2.24, 2.45) is 0 Å². The van der Waals surface area contributed by atoms with E-state index in [4.69, 9.17) is 9.47 Å². The first kappa shape index (κ1) is 32.1. The Bertz CT molecular complexity index is 1540. The molecule has 1 unspecified atom stereocenters. The molecule has 1 aliphatic heterocycles. The van der Waals surface area contributed by atoms with Gasteiger partial charge in [0.1, 0.15) is 11.5 Å². The third-order valence-corrected chi connectivity index (χ3v) is 8.89. The lowest BCUT2D eigenvalue weighted by Crippen LogP contribution is -2.55. The minimum Gasteiger partial charge on any atom is -0.497 e. The fourth-order valence-electron chi connectivity index (χ4n) is 5.33.